The first-order valence-electron chi connectivity index (χ1n) is 9.74. The highest BCUT2D eigenvalue weighted by Gasteiger charge is 2.36. The number of methoxy groups -OCH3 is 1. The molecule has 2 heterocycles. The van der Waals surface area contributed by atoms with E-state index in [2.05, 4.69) is 13.8 Å². The maximum Gasteiger partial charge on any atom is 0.243 e. The van der Waals surface area contributed by atoms with Crippen LogP contribution in [0.5, 0.6) is 5.75 Å². The highest BCUT2D eigenvalue weighted by molar-refractivity contribution is 7.89. The Hall–Kier alpha value is -1.60. The van der Waals surface area contributed by atoms with E-state index in [0.717, 1.165) is 25.9 Å². The molecular formula is C20H30N2O4S. The number of benzene rings is 1. The summed E-state index contributed by atoms with van der Waals surface area (Å²) in [5.41, 5.74) is 0. The molecule has 1 amide bonds. The summed E-state index contributed by atoms with van der Waals surface area (Å²) in [6.45, 7) is 6.65. The van der Waals surface area contributed by atoms with Crippen LogP contribution in [-0.2, 0) is 14.8 Å². The average molecular weight is 395 g/mol. The number of carbonyl (C=O) groups excluding carboxylic acids is 1. The first-order chi connectivity index (χ1) is 12.8. The number of sulfonamides is 1. The lowest BCUT2D eigenvalue weighted by Gasteiger charge is -2.39. The van der Waals surface area contributed by atoms with Crippen molar-refractivity contribution in [1.29, 1.82) is 0 Å². The fourth-order valence-electron chi connectivity index (χ4n) is 4.36. The van der Waals surface area contributed by atoms with Gasteiger partial charge in [-0.3, -0.25) is 4.79 Å². The number of ether oxygens (including phenoxy) is 1. The van der Waals surface area contributed by atoms with Crippen LogP contribution in [-0.4, -0.2) is 56.8 Å². The summed E-state index contributed by atoms with van der Waals surface area (Å²) >= 11 is 0. The number of rotatable bonds is 4. The van der Waals surface area contributed by atoms with Gasteiger partial charge < -0.3 is 9.64 Å². The summed E-state index contributed by atoms with van der Waals surface area (Å²) in [6.07, 6.45) is 2.61. The van der Waals surface area contributed by atoms with E-state index in [1.165, 1.54) is 4.31 Å². The largest absolute Gasteiger partial charge is 0.497 e. The third kappa shape index (κ3) is 4.46. The summed E-state index contributed by atoms with van der Waals surface area (Å²) in [5, 5.41) is 0. The van der Waals surface area contributed by atoms with Gasteiger partial charge in [0.25, 0.3) is 0 Å². The molecule has 0 saturated carbocycles. The molecule has 3 atom stereocenters. The predicted octanol–water partition coefficient (Wildman–Crippen LogP) is 2.60. The second-order valence-corrected chi connectivity index (χ2v) is 10.0. The molecule has 2 aliphatic heterocycles. The van der Waals surface area contributed by atoms with Crippen molar-refractivity contribution < 1.29 is 17.9 Å². The smallest absolute Gasteiger partial charge is 0.243 e. The van der Waals surface area contributed by atoms with Crippen LogP contribution in [0.15, 0.2) is 29.2 Å². The minimum atomic E-state index is -3.60. The Labute approximate surface area is 162 Å². The van der Waals surface area contributed by atoms with Crippen molar-refractivity contribution in [2.75, 3.05) is 33.3 Å². The molecular weight excluding hydrogens is 364 g/mol. The maximum absolute atomic E-state index is 13.0. The highest BCUT2D eigenvalue weighted by atomic mass is 32.2. The van der Waals surface area contributed by atoms with E-state index >= 15 is 0 Å². The molecule has 0 N–H and O–H groups in total. The van der Waals surface area contributed by atoms with Gasteiger partial charge in [0.15, 0.2) is 0 Å². The number of hydrogen-bond acceptors (Lipinski definition) is 4. The topological polar surface area (TPSA) is 66.9 Å². The highest BCUT2D eigenvalue weighted by Crippen LogP contribution is 2.28. The number of carbonyl (C=O) groups is 1. The monoisotopic (exact) mass is 394 g/mol. The van der Waals surface area contributed by atoms with Gasteiger partial charge in [-0.25, -0.2) is 8.42 Å². The minimum absolute atomic E-state index is 0.114. The number of piperidine rings is 2. The third-order valence-electron chi connectivity index (χ3n) is 5.61. The summed E-state index contributed by atoms with van der Waals surface area (Å²) < 4.78 is 32.6. The SMILES string of the molecule is COc1ccc(S(=O)(=O)N2CCCC(C(=O)N3CC(C)CC(C)C3)C2)cc1. The lowest BCUT2D eigenvalue weighted by Crippen LogP contribution is -2.50. The van der Waals surface area contributed by atoms with E-state index in [1.807, 2.05) is 4.90 Å². The number of nitrogens with zero attached hydrogens (tertiary/aromatic N) is 2. The van der Waals surface area contributed by atoms with E-state index in [1.54, 1.807) is 31.4 Å². The van der Waals surface area contributed by atoms with Crippen LogP contribution in [0.1, 0.15) is 33.1 Å². The number of likely N-dealkylation sites (tertiary alicyclic amines) is 1. The van der Waals surface area contributed by atoms with Crippen molar-refractivity contribution in [3.8, 4) is 5.75 Å². The van der Waals surface area contributed by atoms with Gasteiger partial charge in [0.05, 0.1) is 17.9 Å². The van der Waals surface area contributed by atoms with Crippen molar-refractivity contribution in [2.45, 2.75) is 38.0 Å². The van der Waals surface area contributed by atoms with Crippen molar-refractivity contribution >= 4 is 15.9 Å². The summed E-state index contributed by atoms with van der Waals surface area (Å²) in [4.78, 5) is 15.2. The van der Waals surface area contributed by atoms with Crippen molar-refractivity contribution in [3.63, 3.8) is 0 Å². The van der Waals surface area contributed by atoms with Gasteiger partial charge >= 0.3 is 0 Å². The predicted molar refractivity (Wildman–Crippen MR) is 104 cm³/mol. The molecule has 150 valence electrons. The van der Waals surface area contributed by atoms with Gasteiger partial charge in [0.1, 0.15) is 5.75 Å². The van der Waals surface area contributed by atoms with Crippen molar-refractivity contribution in [2.24, 2.45) is 17.8 Å². The Bertz CT molecular complexity index is 753. The minimum Gasteiger partial charge on any atom is -0.497 e. The molecule has 0 spiro atoms. The Morgan fingerprint density at radius 3 is 2.30 bits per heavy atom. The summed E-state index contributed by atoms with van der Waals surface area (Å²) in [5.74, 6) is 1.49. The quantitative estimate of drug-likeness (QED) is 0.787. The zero-order valence-electron chi connectivity index (χ0n) is 16.4. The van der Waals surface area contributed by atoms with Gasteiger partial charge in [0.2, 0.25) is 15.9 Å². The first kappa shape index (κ1) is 20.1. The fraction of sp³-hybridized carbons (Fsp3) is 0.650. The zero-order valence-corrected chi connectivity index (χ0v) is 17.2. The van der Waals surface area contributed by atoms with E-state index in [-0.39, 0.29) is 23.3 Å². The Kier molecular flexibility index (Phi) is 6.11. The lowest BCUT2D eigenvalue weighted by molar-refractivity contribution is -0.139. The van der Waals surface area contributed by atoms with Gasteiger partial charge in [-0.15, -0.1) is 0 Å². The molecule has 6 nitrogen and oxygen atoms in total. The van der Waals surface area contributed by atoms with Crippen molar-refractivity contribution in [1.82, 2.24) is 9.21 Å². The molecule has 2 saturated heterocycles. The molecule has 2 aliphatic rings. The normalized spacial score (nSPS) is 27.4. The molecule has 3 unspecified atom stereocenters. The van der Waals surface area contributed by atoms with E-state index in [9.17, 15) is 13.2 Å². The van der Waals surface area contributed by atoms with Crippen LogP contribution in [0.2, 0.25) is 0 Å². The van der Waals surface area contributed by atoms with Crippen LogP contribution in [0, 0.1) is 17.8 Å². The molecule has 2 fully saturated rings. The maximum atomic E-state index is 13.0. The van der Waals surface area contributed by atoms with Crippen LogP contribution >= 0.6 is 0 Å². The second kappa shape index (κ2) is 8.19. The van der Waals surface area contributed by atoms with Gasteiger partial charge in [-0.05, 0) is 55.4 Å². The Morgan fingerprint density at radius 2 is 1.70 bits per heavy atom. The van der Waals surface area contributed by atoms with E-state index in [0.29, 0.717) is 30.6 Å². The second-order valence-electron chi connectivity index (χ2n) is 8.07. The molecule has 0 bridgehead atoms. The van der Waals surface area contributed by atoms with Gasteiger partial charge in [-0.2, -0.15) is 4.31 Å². The van der Waals surface area contributed by atoms with Crippen molar-refractivity contribution in [3.05, 3.63) is 24.3 Å². The van der Waals surface area contributed by atoms with Crippen LogP contribution in [0.4, 0.5) is 0 Å². The Balaban J connectivity index is 1.72. The third-order valence-corrected chi connectivity index (χ3v) is 7.49. The molecule has 1 aromatic carbocycles. The molecule has 0 aliphatic carbocycles. The van der Waals surface area contributed by atoms with Gasteiger partial charge in [-0.1, -0.05) is 13.8 Å². The molecule has 7 heteroatoms. The summed E-state index contributed by atoms with van der Waals surface area (Å²) in [7, 11) is -2.05. The lowest BCUT2D eigenvalue weighted by atomic mass is 9.90. The van der Waals surface area contributed by atoms with Gasteiger partial charge in [0, 0.05) is 26.2 Å². The zero-order chi connectivity index (χ0) is 19.6. The number of hydrogen-bond donors (Lipinski definition) is 0. The van der Waals surface area contributed by atoms with Crippen LogP contribution in [0.3, 0.4) is 0 Å². The van der Waals surface area contributed by atoms with Crippen LogP contribution in [0.25, 0.3) is 0 Å². The molecule has 27 heavy (non-hydrogen) atoms. The standard InChI is InChI=1S/C20H30N2O4S/c1-15-11-16(2)13-21(12-15)20(23)17-5-4-10-22(14-17)27(24,25)19-8-6-18(26-3)7-9-19/h6-9,15-17H,4-5,10-14H2,1-3H3. The first-order valence-corrected chi connectivity index (χ1v) is 11.2. The summed E-state index contributed by atoms with van der Waals surface area (Å²) in [6, 6.07) is 6.42. The van der Waals surface area contributed by atoms with E-state index < -0.39 is 10.0 Å². The average Bonchev–Trinajstić information content (AvgIpc) is 2.66. The molecule has 0 radical (unpaired) electrons. The van der Waals surface area contributed by atoms with E-state index in [4.69, 9.17) is 4.74 Å². The Morgan fingerprint density at radius 1 is 1.07 bits per heavy atom. The molecule has 0 aromatic heterocycles. The molecule has 1 aromatic rings. The van der Waals surface area contributed by atoms with Crippen LogP contribution < -0.4 is 4.74 Å². The fourth-order valence-corrected chi connectivity index (χ4v) is 5.88. The molecule has 3 rings (SSSR count). The number of amides is 1.